The van der Waals surface area contributed by atoms with Crippen LogP contribution < -0.4 is 4.90 Å². The summed E-state index contributed by atoms with van der Waals surface area (Å²) in [6.07, 6.45) is 6.44. The molecule has 1 N–H and O–H groups in total. The molecule has 5 nitrogen and oxygen atoms in total. The first-order valence-corrected chi connectivity index (χ1v) is 9.13. The maximum Gasteiger partial charge on any atom is 0.128 e. The standard InChI is InChI=1S/C18H28N4O/c23-17-6-2-1-5-16(17)22-13-15(14-22)20-9-11-21(12-10-20)18-7-3-4-8-19-18/h3-4,7-8,15-17,23H,1-2,5-6,9-14H2. The first-order chi connectivity index (χ1) is 11.3. The molecule has 3 fully saturated rings. The molecule has 1 saturated carbocycles. The predicted octanol–water partition coefficient (Wildman–Crippen LogP) is 1.19. The molecule has 2 saturated heterocycles. The van der Waals surface area contributed by atoms with E-state index in [0.717, 1.165) is 51.5 Å². The molecule has 0 amide bonds. The van der Waals surface area contributed by atoms with Crippen LogP contribution in [-0.4, -0.2) is 77.3 Å². The second kappa shape index (κ2) is 6.75. The minimum atomic E-state index is -0.0919. The van der Waals surface area contributed by atoms with Crippen molar-refractivity contribution in [3.63, 3.8) is 0 Å². The topological polar surface area (TPSA) is 42.8 Å². The molecule has 23 heavy (non-hydrogen) atoms. The van der Waals surface area contributed by atoms with Crippen molar-refractivity contribution in [3.05, 3.63) is 24.4 Å². The van der Waals surface area contributed by atoms with Gasteiger partial charge in [0, 0.05) is 57.5 Å². The molecule has 2 atom stereocenters. The average Bonchev–Trinajstić information content (AvgIpc) is 2.57. The van der Waals surface area contributed by atoms with Crippen molar-refractivity contribution in [3.8, 4) is 0 Å². The quantitative estimate of drug-likeness (QED) is 0.907. The van der Waals surface area contributed by atoms with Crippen molar-refractivity contribution in [1.82, 2.24) is 14.8 Å². The maximum atomic E-state index is 10.2. The number of likely N-dealkylation sites (tertiary alicyclic amines) is 1. The molecule has 2 aliphatic heterocycles. The van der Waals surface area contributed by atoms with E-state index in [4.69, 9.17) is 0 Å². The van der Waals surface area contributed by atoms with Gasteiger partial charge in [0.1, 0.15) is 5.82 Å². The summed E-state index contributed by atoms with van der Waals surface area (Å²) in [7, 11) is 0. The van der Waals surface area contributed by atoms with Crippen LogP contribution in [0.2, 0.25) is 0 Å². The van der Waals surface area contributed by atoms with E-state index in [2.05, 4.69) is 31.8 Å². The molecule has 5 heteroatoms. The van der Waals surface area contributed by atoms with Gasteiger partial charge < -0.3 is 10.0 Å². The van der Waals surface area contributed by atoms with Gasteiger partial charge in [-0.3, -0.25) is 9.80 Å². The van der Waals surface area contributed by atoms with Crippen LogP contribution in [0.1, 0.15) is 25.7 Å². The highest BCUT2D eigenvalue weighted by Gasteiger charge is 2.39. The summed E-state index contributed by atoms with van der Waals surface area (Å²) in [5.74, 6) is 1.10. The summed E-state index contributed by atoms with van der Waals surface area (Å²) < 4.78 is 0. The number of aromatic nitrogens is 1. The van der Waals surface area contributed by atoms with E-state index in [1.807, 2.05) is 12.3 Å². The Labute approximate surface area is 138 Å². The summed E-state index contributed by atoms with van der Waals surface area (Å²) in [5, 5.41) is 10.2. The second-order valence-electron chi connectivity index (χ2n) is 7.24. The number of aliphatic hydroxyl groups excluding tert-OH is 1. The predicted molar refractivity (Wildman–Crippen MR) is 91.6 cm³/mol. The zero-order chi connectivity index (χ0) is 15.6. The van der Waals surface area contributed by atoms with Gasteiger partial charge in [0.15, 0.2) is 0 Å². The Bertz CT molecular complexity index is 497. The van der Waals surface area contributed by atoms with Crippen molar-refractivity contribution in [2.45, 2.75) is 43.9 Å². The number of pyridine rings is 1. The molecule has 0 aromatic carbocycles. The molecule has 2 unspecified atom stereocenters. The van der Waals surface area contributed by atoms with Gasteiger partial charge in [0.25, 0.3) is 0 Å². The number of hydrogen-bond donors (Lipinski definition) is 1. The Balaban J connectivity index is 1.25. The third-order valence-electron chi connectivity index (χ3n) is 5.86. The molecule has 3 aliphatic rings. The van der Waals surface area contributed by atoms with Crippen LogP contribution >= 0.6 is 0 Å². The van der Waals surface area contributed by atoms with Crippen LogP contribution in [0.15, 0.2) is 24.4 Å². The molecule has 3 heterocycles. The van der Waals surface area contributed by atoms with Gasteiger partial charge in [0.2, 0.25) is 0 Å². The summed E-state index contributed by atoms with van der Waals surface area (Å²) in [4.78, 5) is 12.0. The van der Waals surface area contributed by atoms with Crippen LogP contribution in [0.4, 0.5) is 5.82 Å². The largest absolute Gasteiger partial charge is 0.391 e. The fourth-order valence-corrected chi connectivity index (χ4v) is 4.36. The molecule has 126 valence electrons. The lowest BCUT2D eigenvalue weighted by Crippen LogP contribution is -2.66. The van der Waals surface area contributed by atoms with E-state index >= 15 is 0 Å². The van der Waals surface area contributed by atoms with Crippen molar-refractivity contribution in [2.24, 2.45) is 0 Å². The molecule has 0 spiro atoms. The highest BCUT2D eigenvalue weighted by Crippen LogP contribution is 2.28. The van der Waals surface area contributed by atoms with Crippen LogP contribution in [0, 0.1) is 0 Å². The Kier molecular flexibility index (Phi) is 4.51. The third-order valence-corrected chi connectivity index (χ3v) is 5.86. The first kappa shape index (κ1) is 15.4. The molecular weight excluding hydrogens is 288 g/mol. The van der Waals surface area contributed by atoms with E-state index < -0.39 is 0 Å². The smallest absolute Gasteiger partial charge is 0.128 e. The van der Waals surface area contributed by atoms with Crippen LogP contribution in [0.25, 0.3) is 0 Å². The molecular formula is C18H28N4O. The third kappa shape index (κ3) is 3.23. The normalized spacial score (nSPS) is 31.1. The van der Waals surface area contributed by atoms with Crippen molar-refractivity contribution >= 4 is 5.82 Å². The lowest BCUT2D eigenvalue weighted by atomic mass is 9.88. The summed E-state index contributed by atoms with van der Waals surface area (Å²) in [6.45, 7) is 6.68. The maximum absolute atomic E-state index is 10.2. The number of aliphatic hydroxyl groups is 1. The second-order valence-corrected chi connectivity index (χ2v) is 7.24. The fraction of sp³-hybridized carbons (Fsp3) is 0.722. The van der Waals surface area contributed by atoms with E-state index in [1.54, 1.807) is 0 Å². The van der Waals surface area contributed by atoms with Crippen LogP contribution in [0.5, 0.6) is 0 Å². The molecule has 0 radical (unpaired) electrons. The molecule has 4 rings (SSSR count). The highest BCUT2D eigenvalue weighted by molar-refractivity contribution is 5.38. The Morgan fingerprint density at radius 2 is 1.74 bits per heavy atom. The molecule has 1 aromatic heterocycles. The number of anilines is 1. The summed E-state index contributed by atoms with van der Waals surface area (Å²) in [6, 6.07) is 7.26. The van der Waals surface area contributed by atoms with Crippen LogP contribution in [0.3, 0.4) is 0 Å². The summed E-state index contributed by atoms with van der Waals surface area (Å²) >= 11 is 0. The van der Waals surface area contributed by atoms with Gasteiger partial charge in [0.05, 0.1) is 6.10 Å². The van der Waals surface area contributed by atoms with Crippen LogP contribution in [-0.2, 0) is 0 Å². The zero-order valence-electron chi connectivity index (χ0n) is 13.8. The van der Waals surface area contributed by atoms with Gasteiger partial charge in [-0.15, -0.1) is 0 Å². The van der Waals surface area contributed by atoms with Gasteiger partial charge in [-0.1, -0.05) is 18.9 Å². The Hall–Kier alpha value is -1.17. The van der Waals surface area contributed by atoms with Crippen molar-refractivity contribution in [2.75, 3.05) is 44.2 Å². The van der Waals surface area contributed by atoms with E-state index in [9.17, 15) is 5.11 Å². The Morgan fingerprint density at radius 1 is 0.957 bits per heavy atom. The number of piperazine rings is 1. The monoisotopic (exact) mass is 316 g/mol. The molecule has 0 bridgehead atoms. The van der Waals surface area contributed by atoms with Gasteiger partial charge in [-0.05, 0) is 25.0 Å². The minimum Gasteiger partial charge on any atom is -0.391 e. The SMILES string of the molecule is OC1CCCCC1N1CC(N2CCN(c3ccccn3)CC2)C1. The Morgan fingerprint density at radius 3 is 2.43 bits per heavy atom. The average molecular weight is 316 g/mol. The first-order valence-electron chi connectivity index (χ1n) is 9.13. The number of rotatable bonds is 3. The number of nitrogens with zero attached hydrogens (tertiary/aromatic N) is 4. The summed E-state index contributed by atoms with van der Waals surface area (Å²) in [5.41, 5.74) is 0. The lowest BCUT2D eigenvalue weighted by Gasteiger charge is -2.52. The minimum absolute atomic E-state index is 0.0919. The van der Waals surface area contributed by atoms with Crippen molar-refractivity contribution in [1.29, 1.82) is 0 Å². The van der Waals surface area contributed by atoms with Gasteiger partial charge in [-0.25, -0.2) is 4.98 Å². The molecule has 1 aromatic rings. The molecule has 1 aliphatic carbocycles. The van der Waals surface area contributed by atoms with Gasteiger partial charge >= 0.3 is 0 Å². The van der Waals surface area contributed by atoms with Crippen molar-refractivity contribution < 1.29 is 5.11 Å². The van der Waals surface area contributed by atoms with Gasteiger partial charge in [-0.2, -0.15) is 0 Å². The fourth-order valence-electron chi connectivity index (χ4n) is 4.36. The van der Waals surface area contributed by atoms with E-state index in [1.165, 1.54) is 19.3 Å². The highest BCUT2D eigenvalue weighted by atomic mass is 16.3. The lowest BCUT2D eigenvalue weighted by molar-refractivity contribution is -0.0546. The van der Waals surface area contributed by atoms with E-state index in [0.29, 0.717) is 12.1 Å². The number of hydrogen-bond acceptors (Lipinski definition) is 5. The van der Waals surface area contributed by atoms with E-state index in [-0.39, 0.29) is 6.10 Å². The zero-order valence-corrected chi connectivity index (χ0v) is 13.8.